The topological polar surface area (TPSA) is 105 Å². The maximum atomic E-state index is 10.8. The van der Waals surface area contributed by atoms with E-state index >= 15 is 0 Å². The Morgan fingerprint density at radius 1 is 1.72 bits per heavy atom. The van der Waals surface area contributed by atoms with Gasteiger partial charge in [0.05, 0.1) is 4.92 Å². The molecule has 1 rings (SSSR count). The molecule has 1 aromatic rings. The summed E-state index contributed by atoms with van der Waals surface area (Å²) in [5.74, 6) is 0. The number of nitrogens with zero attached hydrogens (tertiary/aromatic N) is 5. The van der Waals surface area contributed by atoms with Crippen molar-refractivity contribution in [3.05, 3.63) is 49.1 Å². The van der Waals surface area contributed by atoms with Crippen LogP contribution in [0.5, 0.6) is 0 Å². The summed E-state index contributed by atoms with van der Waals surface area (Å²) in [5, 5.41) is 14.1. The molecule has 0 spiro atoms. The fourth-order valence-electron chi connectivity index (χ4n) is 1.34. The smallest absolute Gasteiger partial charge is 0.258 e. The highest BCUT2D eigenvalue weighted by atomic mass is 35.5. The minimum Gasteiger partial charge on any atom is -0.258 e. The second-order valence-corrected chi connectivity index (χ2v) is 3.74. The Bertz CT molecular complexity index is 537. The molecule has 0 aliphatic carbocycles. The Labute approximate surface area is 108 Å². The highest BCUT2D eigenvalue weighted by Crippen LogP contribution is 2.28. The molecule has 7 nitrogen and oxygen atoms in total. The summed E-state index contributed by atoms with van der Waals surface area (Å²) in [6, 6.07) is 0. The Balaban J connectivity index is 2.94. The molecule has 0 aromatic carbocycles. The first-order chi connectivity index (χ1) is 8.57. The molecule has 8 heteroatoms. The van der Waals surface area contributed by atoms with Crippen molar-refractivity contribution in [2.24, 2.45) is 5.11 Å². The fraction of sp³-hybridized carbons (Fsp3) is 0.300. The molecule has 0 bridgehead atoms. The van der Waals surface area contributed by atoms with Gasteiger partial charge in [-0.1, -0.05) is 28.9 Å². The van der Waals surface area contributed by atoms with Gasteiger partial charge in [0.1, 0.15) is 0 Å². The molecule has 0 saturated carbocycles. The van der Waals surface area contributed by atoms with E-state index in [1.165, 1.54) is 6.20 Å². The number of halogens is 1. The van der Waals surface area contributed by atoms with Crippen molar-refractivity contribution in [1.29, 1.82) is 0 Å². The second-order valence-electron chi connectivity index (χ2n) is 3.38. The third-order valence-electron chi connectivity index (χ3n) is 2.24. The van der Waals surface area contributed by atoms with Crippen LogP contribution in [-0.2, 0) is 0 Å². The summed E-state index contributed by atoms with van der Waals surface area (Å²) >= 11 is 5.67. The normalized spacial score (nSPS) is 10.3. The van der Waals surface area contributed by atoms with Gasteiger partial charge in [-0.25, -0.2) is 4.98 Å². The number of rotatable bonds is 5. The maximum absolute atomic E-state index is 10.8. The van der Waals surface area contributed by atoms with Crippen LogP contribution in [0.3, 0.4) is 0 Å². The van der Waals surface area contributed by atoms with Crippen LogP contribution in [0.2, 0.25) is 5.15 Å². The lowest BCUT2D eigenvalue weighted by Gasteiger charge is -2.02. The van der Waals surface area contributed by atoms with Gasteiger partial charge in [0.25, 0.3) is 0 Å². The van der Waals surface area contributed by atoms with E-state index in [1.54, 1.807) is 19.1 Å². The molecular formula is C10H10ClN5O2. The van der Waals surface area contributed by atoms with Gasteiger partial charge in [-0.15, -0.1) is 0 Å². The van der Waals surface area contributed by atoms with Crippen molar-refractivity contribution >= 4 is 23.4 Å². The van der Waals surface area contributed by atoms with Crippen molar-refractivity contribution in [2.75, 3.05) is 6.54 Å². The van der Waals surface area contributed by atoms with E-state index in [9.17, 15) is 10.1 Å². The van der Waals surface area contributed by atoms with Crippen LogP contribution in [0.15, 0.2) is 17.4 Å². The molecule has 0 N–H and O–H groups in total. The highest BCUT2D eigenvalue weighted by molar-refractivity contribution is 6.31. The molecule has 1 heterocycles. The van der Waals surface area contributed by atoms with Crippen LogP contribution in [0.25, 0.3) is 16.5 Å². The Hall–Kier alpha value is -2.11. The van der Waals surface area contributed by atoms with Gasteiger partial charge < -0.3 is 0 Å². The largest absolute Gasteiger partial charge is 0.309 e. The number of hydrogen-bond donors (Lipinski definition) is 0. The van der Waals surface area contributed by atoms with Crippen LogP contribution < -0.4 is 0 Å². The molecular weight excluding hydrogens is 258 g/mol. The molecule has 94 valence electrons. The zero-order chi connectivity index (χ0) is 13.5. The van der Waals surface area contributed by atoms with Crippen molar-refractivity contribution < 1.29 is 4.92 Å². The summed E-state index contributed by atoms with van der Waals surface area (Å²) in [4.78, 5) is 16.6. The summed E-state index contributed by atoms with van der Waals surface area (Å²) in [6.45, 7) is 1.95. The predicted octanol–water partition coefficient (Wildman–Crippen LogP) is 3.67. The Morgan fingerprint density at radius 3 is 3.06 bits per heavy atom. The summed E-state index contributed by atoms with van der Waals surface area (Å²) in [7, 11) is 0. The number of nitro groups is 1. The first kappa shape index (κ1) is 14.0. The lowest BCUT2D eigenvalue weighted by molar-refractivity contribution is -0.385. The standard InChI is InChI=1S/C10H10ClN5O2/c1-7-8(4-2-3-5-14-15-12)6-13-10(11)9(7)16(17)18/h2,4,6H,3,5H2,1H3. The number of azide groups is 1. The lowest BCUT2D eigenvalue weighted by Crippen LogP contribution is -1.97. The molecule has 0 aliphatic heterocycles. The van der Waals surface area contributed by atoms with Crippen molar-refractivity contribution in [2.45, 2.75) is 13.3 Å². The Morgan fingerprint density at radius 2 is 2.44 bits per heavy atom. The third-order valence-corrected chi connectivity index (χ3v) is 2.52. The van der Waals surface area contributed by atoms with Crippen LogP contribution in [0.4, 0.5) is 5.69 Å². The third kappa shape index (κ3) is 3.44. The van der Waals surface area contributed by atoms with Crippen LogP contribution in [0, 0.1) is 17.0 Å². The average molecular weight is 268 g/mol. The summed E-state index contributed by atoms with van der Waals surface area (Å²) < 4.78 is 0. The fourth-order valence-corrected chi connectivity index (χ4v) is 1.60. The van der Waals surface area contributed by atoms with Gasteiger partial charge in [-0.05, 0) is 18.9 Å². The van der Waals surface area contributed by atoms with E-state index in [2.05, 4.69) is 15.0 Å². The Kier molecular flexibility index (Phi) is 5.10. The minimum atomic E-state index is -0.554. The predicted molar refractivity (Wildman–Crippen MR) is 68.3 cm³/mol. The van der Waals surface area contributed by atoms with Gasteiger partial charge in [0, 0.05) is 28.8 Å². The molecule has 0 radical (unpaired) electrons. The zero-order valence-electron chi connectivity index (χ0n) is 9.58. The van der Waals surface area contributed by atoms with Crippen molar-refractivity contribution in [3.63, 3.8) is 0 Å². The van der Waals surface area contributed by atoms with Gasteiger partial charge in [-0.3, -0.25) is 10.1 Å². The van der Waals surface area contributed by atoms with Crippen LogP contribution in [0.1, 0.15) is 17.5 Å². The van der Waals surface area contributed by atoms with Crippen LogP contribution >= 0.6 is 11.6 Å². The van der Waals surface area contributed by atoms with Crippen LogP contribution in [-0.4, -0.2) is 16.5 Å². The molecule has 1 aromatic heterocycles. The minimum absolute atomic E-state index is 0.122. The molecule has 0 amide bonds. The SMILES string of the molecule is Cc1c(C=CCCN=[N+]=[N-])cnc(Cl)c1[N+](=O)[O-]. The van der Waals surface area contributed by atoms with Crippen molar-refractivity contribution in [1.82, 2.24) is 4.98 Å². The van der Waals surface area contributed by atoms with E-state index in [1.807, 2.05) is 0 Å². The first-order valence-corrected chi connectivity index (χ1v) is 5.42. The van der Waals surface area contributed by atoms with E-state index in [0.717, 1.165) is 0 Å². The number of hydrogen-bond acceptors (Lipinski definition) is 4. The maximum Gasteiger partial charge on any atom is 0.309 e. The van der Waals surface area contributed by atoms with Crippen molar-refractivity contribution in [3.8, 4) is 0 Å². The lowest BCUT2D eigenvalue weighted by atomic mass is 10.1. The average Bonchev–Trinajstić information content (AvgIpc) is 2.31. The molecule has 0 saturated heterocycles. The summed E-state index contributed by atoms with van der Waals surface area (Å²) in [6.07, 6.45) is 5.48. The molecule has 0 aliphatic rings. The molecule has 18 heavy (non-hydrogen) atoms. The van der Waals surface area contributed by atoms with E-state index in [-0.39, 0.29) is 10.8 Å². The van der Waals surface area contributed by atoms with E-state index in [4.69, 9.17) is 17.1 Å². The number of pyridine rings is 1. The number of aromatic nitrogens is 1. The molecule has 0 atom stereocenters. The highest BCUT2D eigenvalue weighted by Gasteiger charge is 2.19. The second kappa shape index (κ2) is 6.58. The monoisotopic (exact) mass is 267 g/mol. The van der Waals surface area contributed by atoms with E-state index < -0.39 is 4.92 Å². The first-order valence-electron chi connectivity index (χ1n) is 5.04. The molecule has 0 unspecified atom stereocenters. The summed E-state index contributed by atoms with van der Waals surface area (Å²) in [5.41, 5.74) is 8.98. The quantitative estimate of drug-likeness (QED) is 0.154. The van der Waals surface area contributed by atoms with Gasteiger partial charge in [0.15, 0.2) is 0 Å². The van der Waals surface area contributed by atoms with E-state index in [0.29, 0.717) is 24.1 Å². The van der Waals surface area contributed by atoms with Gasteiger partial charge >= 0.3 is 5.69 Å². The van der Waals surface area contributed by atoms with Gasteiger partial charge in [0.2, 0.25) is 5.15 Å². The molecule has 0 fully saturated rings. The van der Waals surface area contributed by atoms with Gasteiger partial charge in [-0.2, -0.15) is 0 Å². The zero-order valence-corrected chi connectivity index (χ0v) is 10.3.